The summed E-state index contributed by atoms with van der Waals surface area (Å²) in [6.07, 6.45) is 6.41. The number of allylic oxidation sites excluding steroid dienone is 1. The first-order valence-electron chi connectivity index (χ1n) is 6.73. The second-order valence-electron chi connectivity index (χ2n) is 4.83. The van der Waals surface area contributed by atoms with Gasteiger partial charge in [-0.1, -0.05) is 36.4 Å². The fourth-order valence-electron chi connectivity index (χ4n) is 2.26. The molecule has 110 valence electrons. The van der Waals surface area contributed by atoms with E-state index in [1.54, 1.807) is 6.07 Å². The van der Waals surface area contributed by atoms with E-state index in [2.05, 4.69) is 4.98 Å². The quantitative estimate of drug-likeness (QED) is 0.882. The highest BCUT2D eigenvalue weighted by Gasteiger charge is 2.20. The third-order valence-electron chi connectivity index (χ3n) is 3.41. The van der Waals surface area contributed by atoms with E-state index in [0.29, 0.717) is 11.8 Å². The molecule has 0 fully saturated rings. The molecule has 1 N–H and O–H groups in total. The number of aldehydes is 1. The number of hydrogen-bond donors (Lipinski definition) is 1. The number of nitrogens with zero attached hydrogens (tertiary/aromatic N) is 2. The highest BCUT2D eigenvalue weighted by atomic mass is 19.1. The van der Waals surface area contributed by atoms with Crippen molar-refractivity contribution in [2.45, 2.75) is 0 Å². The summed E-state index contributed by atoms with van der Waals surface area (Å²) >= 11 is 0. The lowest BCUT2D eigenvalue weighted by Crippen LogP contribution is -2.19. The van der Waals surface area contributed by atoms with Crippen molar-refractivity contribution < 1.29 is 14.3 Å². The van der Waals surface area contributed by atoms with Crippen LogP contribution in [0.4, 0.5) is 10.2 Å². The molecule has 0 radical (unpaired) electrons. The van der Waals surface area contributed by atoms with E-state index in [-0.39, 0.29) is 11.6 Å². The molecule has 5 heteroatoms. The molecule has 3 rings (SSSR count). The third kappa shape index (κ3) is 2.48. The van der Waals surface area contributed by atoms with E-state index in [0.717, 1.165) is 5.56 Å². The van der Waals surface area contributed by atoms with Crippen LogP contribution in [0.2, 0.25) is 0 Å². The zero-order valence-electron chi connectivity index (χ0n) is 11.6. The Morgan fingerprint density at radius 3 is 2.68 bits per heavy atom. The number of aromatic nitrogens is 1. The van der Waals surface area contributed by atoms with Crippen molar-refractivity contribution >= 4 is 12.1 Å². The van der Waals surface area contributed by atoms with E-state index in [1.807, 2.05) is 30.3 Å². The minimum atomic E-state index is -0.698. The Morgan fingerprint density at radius 1 is 1.23 bits per heavy atom. The average Bonchev–Trinajstić information content (AvgIpc) is 2.56. The minimum absolute atomic E-state index is 0.0634. The number of carbonyl (C=O) groups is 1. The first-order valence-corrected chi connectivity index (χ1v) is 6.73. The van der Waals surface area contributed by atoms with E-state index >= 15 is 0 Å². The summed E-state index contributed by atoms with van der Waals surface area (Å²) in [6.45, 7) is 0. The highest BCUT2D eigenvalue weighted by molar-refractivity contribution is 5.70. The Balaban J connectivity index is 2.02. The largest absolute Gasteiger partial charge is 0.510 e. The Kier molecular flexibility index (Phi) is 3.70. The number of rotatable bonds is 3. The number of carbonyl (C=O) groups excluding carboxylic acids is 1. The van der Waals surface area contributed by atoms with E-state index in [9.17, 15) is 14.3 Å². The van der Waals surface area contributed by atoms with Crippen LogP contribution in [0.15, 0.2) is 66.8 Å². The van der Waals surface area contributed by atoms with Gasteiger partial charge in [-0.3, -0.25) is 0 Å². The van der Waals surface area contributed by atoms with Gasteiger partial charge in [0.15, 0.2) is 11.6 Å². The normalized spacial score (nSPS) is 17.2. The topological polar surface area (TPSA) is 53.4 Å². The second-order valence-corrected chi connectivity index (χ2v) is 4.83. The fourth-order valence-corrected chi connectivity index (χ4v) is 2.26. The molecular formula is C17H13FN2O2. The second kappa shape index (κ2) is 5.81. The molecular weight excluding hydrogens is 283 g/mol. The van der Waals surface area contributed by atoms with Crippen molar-refractivity contribution in [1.82, 2.24) is 4.98 Å². The zero-order valence-corrected chi connectivity index (χ0v) is 11.6. The lowest BCUT2D eigenvalue weighted by Gasteiger charge is -2.22. The lowest BCUT2D eigenvalue weighted by atomic mass is 10.1. The molecule has 0 amide bonds. The first-order chi connectivity index (χ1) is 10.7. The number of aliphatic hydroxyl groups excluding tert-OH is 1. The van der Waals surface area contributed by atoms with Gasteiger partial charge in [0.25, 0.3) is 0 Å². The van der Waals surface area contributed by atoms with Gasteiger partial charge < -0.3 is 14.8 Å². The predicted octanol–water partition coefficient (Wildman–Crippen LogP) is 3.44. The van der Waals surface area contributed by atoms with Crippen molar-refractivity contribution in [3.8, 4) is 11.1 Å². The van der Waals surface area contributed by atoms with Crippen LogP contribution in [0.3, 0.4) is 0 Å². The van der Waals surface area contributed by atoms with Gasteiger partial charge >= 0.3 is 0 Å². The molecule has 2 heterocycles. The monoisotopic (exact) mass is 296 g/mol. The Bertz CT molecular complexity index is 757. The van der Waals surface area contributed by atoms with Crippen LogP contribution in [-0.4, -0.2) is 16.4 Å². The van der Waals surface area contributed by atoms with Gasteiger partial charge in [-0.05, 0) is 11.6 Å². The fraction of sp³-hybridized carbons (Fsp3) is 0.0588. The summed E-state index contributed by atoms with van der Waals surface area (Å²) in [7, 11) is 0. The maximum atomic E-state index is 14.7. The van der Waals surface area contributed by atoms with Crippen LogP contribution in [0.5, 0.6) is 0 Å². The summed E-state index contributed by atoms with van der Waals surface area (Å²) in [5, 5.41) is 9.76. The van der Waals surface area contributed by atoms with E-state index in [1.165, 1.54) is 29.6 Å². The van der Waals surface area contributed by atoms with Crippen molar-refractivity contribution in [2.75, 3.05) is 4.90 Å². The number of benzene rings is 1. The average molecular weight is 296 g/mol. The van der Waals surface area contributed by atoms with Crippen LogP contribution in [0.25, 0.3) is 11.1 Å². The van der Waals surface area contributed by atoms with Gasteiger partial charge in [0.2, 0.25) is 0 Å². The molecule has 0 saturated carbocycles. The molecule has 22 heavy (non-hydrogen) atoms. The molecule has 4 nitrogen and oxygen atoms in total. The molecule has 1 aromatic carbocycles. The number of aliphatic hydroxyl groups is 1. The van der Waals surface area contributed by atoms with Crippen LogP contribution >= 0.6 is 0 Å². The van der Waals surface area contributed by atoms with Crippen LogP contribution in [0, 0.1) is 11.7 Å². The van der Waals surface area contributed by atoms with E-state index < -0.39 is 11.7 Å². The van der Waals surface area contributed by atoms with Gasteiger partial charge in [0.05, 0.1) is 5.92 Å². The van der Waals surface area contributed by atoms with Crippen LogP contribution < -0.4 is 4.90 Å². The van der Waals surface area contributed by atoms with Gasteiger partial charge in [-0.25, -0.2) is 9.37 Å². The molecule has 1 atom stereocenters. The lowest BCUT2D eigenvalue weighted by molar-refractivity contribution is -0.109. The van der Waals surface area contributed by atoms with Gasteiger partial charge in [-0.2, -0.15) is 0 Å². The molecule has 1 aliphatic rings. The number of anilines is 1. The molecule has 0 spiro atoms. The molecule has 2 aromatic rings. The molecule has 0 bridgehead atoms. The van der Waals surface area contributed by atoms with Gasteiger partial charge in [0.1, 0.15) is 12.0 Å². The summed E-state index contributed by atoms with van der Waals surface area (Å²) in [5.41, 5.74) is 1.16. The third-order valence-corrected chi connectivity index (χ3v) is 3.41. The number of pyridine rings is 1. The van der Waals surface area contributed by atoms with Gasteiger partial charge in [0, 0.05) is 24.2 Å². The molecule has 1 unspecified atom stereocenters. The SMILES string of the molecule is O=CC1C=CN(c2nccc(-c3ccccc3)c2F)C=C1O. The molecule has 0 aliphatic carbocycles. The number of halogens is 1. The smallest absolute Gasteiger partial charge is 0.174 e. The van der Waals surface area contributed by atoms with Gasteiger partial charge in [-0.15, -0.1) is 0 Å². The maximum Gasteiger partial charge on any atom is 0.174 e. The standard InChI is InChI=1S/C17H13FN2O2/c18-16-14(12-4-2-1-3-5-12)6-8-19-17(16)20-9-7-13(11-21)15(22)10-20/h1-11,13,22H. The summed E-state index contributed by atoms with van der Waals surface area (Å²) in [6, 6.07) is 10.7. The molecule has 1 aliphatic heterocycles. The first kappa shape index (κ1) is 14.0. The summed E-state index contributed by atoms with van der Waals surface area (Å²) in [5.74, 6) is -1.28. The zero-order chi connectivity index (χ0) is 15.5. The number of hydrogen-bond acceptors (Lipinski definition) is 4. The van der Waals surface area contributed by atoms with Crippen molar-refractivity contribution in [1.29, 1.82) is 0 Å². The molecule has 1 aromatic heterocycles. The minimum Gasteiger partial charge on any atom is -0.510 e. The maximum absolute atomic E-state index is 14.7. The Morgan fingerprint density at radius 2 is 2.00 bits per heavy atom. The van der Waals surface area contributed by atoms with Crippen molar-refractivity contribution in [2.24, 2.45) is 5.92 Å². The molecule has 0 saturated heterocycles. The summed E-state index contributed by atoms with van der Waals surface area (Å²) < 4.78 is 14.7. The van der Waals surface area contributed by atoms with Crippen molar-refractivity contribution in [3.63, 3.8) is 0 Å². The Labute approximate surface area is 126 Å². The van der Waals surface area contributed by atoms with Crippen molar-refractivity contribution in [3.05, 3.63) is 72.6 Å². The Hall–Kier alpha value is -2.95. The summed E-state index contributed by atoms with van der Waals surface area (Å²) in [4.78, 5) is 16.1. The highest BCUT2D eigenvalue weighted by Crippen LogP contribution is 2.30. The predicted molar refractivity (Wildman–Crippen MR) is 81.5 cm³/mol. The van der Waals surface area contributed by atoms with Crippen LogP contribution in [0.1, 0.15) is 0 Å². The van der Waals surface area contributed by atoms with Crippen LogP contribution in [-0.2, 0) is 4.79 Å². The van der Waals surface area contributed by atoms with E-state index in [4.69, 9.17) is 0 Å².